The van der Waals surface area contributed by atoms with Crippen molar-refractivity contribution in [3.05, 3.63) is 72.3 Å². The van der Waals surface area contributed by atoms with Gasteiger partial charge in [0.05, 0.1) is 5.52 Å². The maximum absolute atomic E-state index is 10.2. The lowest BCUT2D eigenvalue weighted by atomic mass is 9.95. The van der Waals surface area contributed by atoms with Crippen molar-refractivity contribution >= 4 is 28.2 Å². The van der Waals surface area contributed by atoms with Gasteiger partial charge in [-0.25, -0.2) is 19.5 Å². The molecule has 1 aromatic carbocycles. The maximum Gasteiger partial charge on any atom is 0.163 e. The van der Waals surface area contributed by atoms with Gasteiger partial charge in [0.1, 0.15) is 23.7 Å². The number of hydrogen-bond acceptors (Lipinski definition) is 6. The van der Waals surface area contributed by atoms with Gasteiger partial charge in [0.25, 0.3) is 0 Å². The van der Waals surface area contributed by atoms with Gasteiger partial charge >= 0.3 is 0 Å². The van der Waals surface area contributed by atoms with Crippen molar-refractivity contribution in [3.63, 3.8) is 0 Å². The van der Waals surface area contributed by atoms with Crippen molar-refractivity contribution in [2.45, 2.75) is 13.8 Å². The zero-order chi connectivity index (χ0) is 20.0. The Morgan fingerprint density at radius 2 is 1.86 bits per heavy atom. The highest BCUT2D eigenvalue weighted by atomic mass is 16.3. The Bertz CT molecular complexity index is 1360. The van der Waals surface area contributed by atoms with Crippen LogP contribution in [0, 0.1) is 13.8 Å². The third kappa shape index (κ3) is 2.84. The molecule has 2 N–H and O–H groups in total. The molecule has 0 saturated carbocycles. The molecule has 29 heavy (non-hydrogen) atoms. The first-order chi connectivity index (χ1) is 14.1. The van der Waals surface area contributed by atoms with Crippen molar-refractivity contribution in [1.29, 1.82) is 0 Å². The van der Waals surface area contributed by atoms with E-state index in [2.05, 4.69) is 25.4 Å². The van der Waals surface area contributed by atoms with Crippen molar-refractivity contribution < 1.29 is 5.11 Å². The summed E-state index contributed by atoms with van der Waals surface area (Å²) in [4.78, 5) is 13.3. The molecule has 0 amide bonds. The predicted octanol–water partition coefficient (Wildman–Crippen LogP) is 4.41. The van der Waals surface area contributed by atoms with Crippen LogP contribution in [0.3, 0.4) is 0 Å². The van der Waals surface area contributed by atoms with Gasteiger partial charge in [-0.3, -0.25) is 0 Å². The van der Waals surface area contributed by atoms with Gasteiger partial charge in [-0.1, -0.05) is 12.1 Å². The Hall–Kier alpha value is -4.00. The molecule has 4 heterocycles. The average Bonchev–Trinajstić information content (AvgIpc) is 3.22. The summed E-state index contributed by atoms with van der Waals surface area (Å²) in [6.07, 6.45) is 5.07. The molecule has 0 unspecified atom stereocenters. The van der Waals surface area contributed by atoms with Crippen LogP contribution in [0.2, 0.25) is 0 Å². The SMILES string of the molecule is Cc1ccc(O)c(C)c1-c1cc2cnc(Nc3ccccn3)cc2n2ncnc12. The van der Waals surface area contributed by atoms with Crippen molar-refractivity contribution in [3.8, 4) is 16.9 Å². The molecular formula is C22H18N6O. The average molecular weight is 382 g/mol. The zero-order valence-corrected chi connectivity index (χ0v) is 16.0. The number of nitrogens with one attached hydrogen (secondary N) is 1. The van der Waals surface area contributed by atoms with Gasteiger partial charge < -0.3 is 10.4 Å². The number of rotatable bonds is 3. The van der Waals surface area contributed by atoms with E-state index in [4.69, 9.17) is 0 Å². The number of fused-ring (bicyclic) bond motifs is 3. The molecule has 7 nitrogen and oxygen atoms in total. The van der Waals surface area contributed by atoms with Crippen LogP contribution in [-0.4, -0.2) is 29.7 Å². The molecule has 0 radical (unpaired) electrons. The summed E-state index contributed by atoms with van der Waals surface area (Å²) >= 11 is 0. The van der Waals surface area contributed by atoms with Gasteiger partial charge in [0.15, 0.2) is 5.65 Å². The standard InChI is InChI=1S/C22H18N6O/c1-13-6-7-18(29)14(2)21(13)16-9-15-11-24-20(27-19-5-3-4-8-23-19)10-17(15)28-22(16)25-12-26-28/h3-12,29H,1-2H3,(H,23,24,27). The van der Waals surface area contributed by atoms with E-state index in [1.165, 1.54) is 6.33 Å². The lowest BCUT2D eigenvalue weighted by Gasteiger charge is -2.14. The summed E-state index contributed by atoms with van der Waals surface area (Å²) in [6.45, 7) is 3.93. The largest absolute Gasteiger partial charge is 0.508 e. The van der Waals surface area contributed by atoms with Crippen molar-refractivity contribution in [2.24, 2.45) is 0 Å². The van der Waals surface area contributed by atoms with Crippen molar-refractivity contribution in [1.82, 2.24) is 24.6 Å². The minimum Gasteiger partial charge on any atom is -0.508 e. The minimum atomic E-state index is 0.261. The number of nitrogens with zero attached hydrogens (tertiary/aromatic N) is 5. The minimum absolute atomic E-state index is 0.261. The predicted molar refractivity (Wildman–Crippen MR) is 112 cm³/mol. The highest BCUT2D eigenvalue weighted by molar-refractivity contribution is 5.93. The molecule has 0 saturated heterocycles. The fourth-order valence-electron chi connectivity index (χ4n) is 3.64. The Kier molecular flexibility index (Phi) is 3.87. The molecule has 5 aromatic rings. The van der Waals surface area contributed by atoms with Gasteiger partial charge in [0.2, 0.25) is 0 Å². The van der Waals surface area contributed by atoms with Crippen LogP contribution < -0.4 is 5.32 Å². The number of benzene rings is 1. The Morgan fingerprint density at radius 1 is 0.966 bits per heavy atom. The molecule has 0 aliphatic heterocycles. The second kappa shape index (κ2) is 6.56. The van der Waals surface area contributed by atoms with E-state index in [1.54, 1.807) is 23.0 Å². The molecule has 0 bridgehead atoms. The number of aromatic nitrogens is 5. The molecule has 0 atom stereocenters. The summed E-state index contributed by atoms with van der Waals surface area (Å²) in [5.74, 6) is 1.65. The summed E-state index contributed by atoms with van der Waals surface area (Å²) in [5.41, 5.74) is 5.35. The van der Waals surface area contributed by atoms with E-state index in [1.807, 2.05) is 50.2 Å². The van der Waals surface area contributed by atoms with Crippen LogP contribution in [0.4, 0.5) is 11.6 Å². The molecule has 0 aliphatic rings. The van der Waals surface area contributed by atoms with E-state index < -0.39 is 0 Å². The third-order valence-corrected chi connectivity index (χ3v) is 5.06. The normalized spacial score (nSPS) is 11.2. The van der Waals surface area contributed by atoms with E-state index in [0.717, 1.165) is 44.6 Å². The van der Waals surface area contributed by atoms with Crippen LogP contribution >= 0.6 is 0 Å². The van der Waals surface area contributed by atoms with Gasteiger partial charge in [0, 0.05) is 29.4 Å². The highest BCUT2D eigenvalue weighted by Gasteiger charge is 2.16. The Morgan fingerprint density at radius 3 is 2.69 bits per heavy atom. The number of phenolic OH excluding ortho intramolecular Hbond substituents is 1. The van der Waals surface area contributed by atoms with Gasteiger partial charge in [-0.15, -0.1) is 0 Å². The monoisotopic (exact) mass is 382 g/mol. The molecule has 7 heteroatoms. The van der Waals surface area contributed by atoms with Crippen LogP contribution in [0.5, 0.6) is 5.75 Å². The molecule has 142 valence electrons. The van der Waals surface area contributed by atoms with Crippen LogP contribution in [-0.2, 0) is 0 Å². The first kappa shape index (κ1) is 17.1. The third-order valence-electron chi connectivity index (χ3n) is 5.06. The van der Waals surface area contributed by atoms with Gasteiger partial charge in [-0.05, 0) is 54.8 Å². The molecule has 0 spiro atoms. The fraction of sp³-hybridized carbons (Fsp3) is 0.0909. The quantitative estimate of drug-likeness (QED) is 0.481. The highest BCUT2D eigenvalue weighted by Crippen LogP contribution is 2.36. The lowest BCUT2D eigenvalue weighted by molar-refractivity contribution is 0.471. The number of aryl methyl sites for hydroxylation is 1. The Labute approximate surface area is 166 Å². The first-order valence-corrected chi connectivity index (χ1v) is 9.22. The molecular weight excluding hydrogens is 364 g/mol. The zero-order valence-electron chi connectivity index (χ0n) is 16.0. The van der Waals surface area contributed by atoms with E-state index in [-0.39, 0.29) is 5.75 Å². The number of pyridine rings is 3. The second-order valence-electron chi connectivity index (χ2n) is 6.92. The van der Waals surface area contributed by atoms with E-state index >= 15 is 0 Å². The second-order valence-corrected chi connectivity index (χ2v) is 6.92. The summed E-state index contributed by atoms with van der Waals surface area (Å²) in [7, 11) is 0. The Balaban J connectivity index is 1.72. The molecule has 5 rings (SSSR count). The van der Waals surface area contributed by atoms with Gasteiger partial charge in [-0.2, -0.15) is 5.10 Å². The number of aromatic hydroxyl groups is 1. The molecule has 4 aromatic heterocycles. The number of anilines is 2. The van der Waals surface area contributed by atoms with Crippen LogP contribution in [0.1, 0.15) is 11.1 Å². The van der Waals surface area contributed by atoms with Crippen molar-refractivity contribution in [2.75, 3.05) is 5.32 Å². The summed E-state index contributed by atoms with van der Waals surface area (Å²) in [6, 6.07) is 13.3. The maximum atomic E-state index is 10.2. The summed E-state index contributed by atoms with van der Waals surface area (Å²) in [5, 5.41) is 18.8. The lowest BCUT2D eigenvalue weighted by Crippen LogP contribution is -2.00. The van der Waals surface area contributed by atoms with Crippen LogP contribution in [0.15, 0.2) is 61.2 Å². The summed E-state index contributed by atoms with van der Waals surface area (Å²) < 4.78 is 1.80. The molecule has 0 fully saturated rings. The number of hydrogen-bond donors (Lipinski definition) is 2. The topological polar surface area (TPSA) is 88.2 Å². The molecule has 0 aliphatic carbocycles. The smallest absolute Gasteiger partial charge is 0.163 e. The van der Waals surface area contributed by atoms with E-state index in [0.29, 0.717) is 5.82 Å². The number of phenols is 1. The van der Waals surface area contributed by atoms with Crippen LogP contribution in [0.25, 0.3) is 27.7 Å². The van der Waals surface area contributed by atoms with E-state index in [9.17, 15) is 5.11 Å². The first-order valence-electron chi connectivity index (χ1n) is 9.22. The fourth-order valence-corrected chi connectivity index (χ4v) is 3.64.